The summed E-state index contributed by atoms with van der Waals surface area (Å²) in [4.78, 5) is 0. The topological polar surface area (TPSA) is 27.7 Å². The van der Waals surface area contributed by atoms with Gasteiger partial charge < -0.3 is 14.2 Å². The summed E-state index contributed by atoms with van der Waals surface area (Å²) >= 11 is 4.43. The summed E-state index contributed by atoms with van der Waals surface area (Å²) in [7, 11) is 0. The van der Waals surface area contributed by atoms with E-state index >= 15 is 8.78 Å². The van der Waals surface area contributed by atoms with E-state index in [9.17, 15) is 30.7 Å². The fourth-order valence-electron chi connectivity index (χ4n) is 6.96. The molecule has 0 aromatic heterocycles. The van der Waals surface area contributed by atoms with Crippen molar-refractivity contribution in [2.45, 2.75) is 131 Å². The second-order valence-corrected chi connectivity index (χ2v) is 12.5. The molecule has 1 aliphatic heterocycles. The standard InChI is InChI=1S/C26H37F9O3S/c27-18-11-16(5-7-22(18)37-24(30)25(31,32)33)38-26(34,35)23-19(28)9-15(10-20(23)29)13-1-3-14(4-2-13)21-8-6-17(39)12-36-21/h13-24,39H,1-12H2. The van der Waals surface area contributed by atoms with Crippen molar-refractivity contribution in [1.29, 1.82) is 0 Å². The lowest BCUT2D eigenvalue weighted by atomic mass is 9.67. The third-order valence-electron chi connectivity index (χ3n) is 9.06. The second-order valence-electron chi connectivity index (χ2n) is 11.7. The average molecular weight is 601 g/mol. The highest BCUT2D eigenvalue weighted by molar-refractivity contribution is 7.81. The van der Waals surface area contributed by atoms with Crippen molar-refractivity contribution in [2.75, 3.05) is 6.61 Å². The summed E-state index contributed by atoms with van der Waals surface area (Å²) in [6.45, 7) is 0.610. The predicted octanol–water partition coefficient (Wildman–Crippen LogP) is 7.72. The molecule has 3 aliphatic carbocycles. The molecular formula is C26H37F9O3S. The van der Waals surface area contributed by atoms with Gasteiger partial charge in [0.15, 0.2) is 0 Å². The van der Waals surface area contributed by atoms with Crippen LogP contribution in [-0.4, -0.2) is 67.3 Å². The molecule has 3 saturated carbocycles. The van der Waals surface area contributed by atoms with Crippen molar-refractivity contribution in [3.63, 3.8) is 0 Å². The van der Waals surface area contributed by atoms with Crippen molar-refractivity contribution >= 4 is 12.6 Å². The molecule has 0 N–H and O–H groups in total. The van der Waals surface area contributed by atoms with Crippen molar-refractivity contribution in [3.8, 4) is 0 Å². The summed E-state index contributed by atoms with van der Waals surface area (Å²) in [6.07, 6.45) is -19.9. The first-order valence-electron chi connectivity index (χ1n) is 13.9. The fourth-order valence-corrected chi connectivity index (χ4v) is 7.20. The number of hydrogen-bond donors (Lipinski definition) is 1. The molecule has 0 radical (unpaired) electrons. The lowest BCUT2D eigenvalue weighted by molar-refractivity contribution is -0.326. The molecule has 0 aromatic rings. The average Bonchev–Trinajstić information content (AvgIpc) is 2.85. The van der Waals surface area contributed by atoms with Crippen molar-refractivity contribution in [3.05, 3.63) is 0 Å². The fraction of sp³-hybridized carbons (Fsp3) is 1.00. The van der Waals surface area contributed by atoms with Crippen LogP contribution in [0.25, 0.3) is 0 Å². The largest absolute Gasteiger partial charge is 0.445 e. The Bertz CT molecular complexity index is 762. The van der Waals surface area contributed by atoms with Gasteiger partial charge in [0.1, 0.15) is 24.4 Å². The van der Waals surface area contributed by atoms with Gasteiger partial charge in [-0.05, 0) is 82.0 Å². The van der Waals surface area contributed by atoms with Gasteiger partial charge in [-0.15, -0.1) is 0 Å². The van der Waals surface area contributed by atoms with Gasteiger partial charge in [-0.1, -0.05) is 0 Å². The van der Waals surface area contributed by atoms with Gasteiger partial charge in [0.2, 0.25) is 0 Å². The Labute approximate surface area is 228 Å². The smallest absolute Gasteiger partial charge is 0.377 e. The van der Waals surface area contributed by atoms with E-state index in [-0.39, 0.29) is 42.5 Å². The Morgan fingerprint density at radius 1 is 0.718 bits per heavy atom. The summed E-state index contributed by atoms with van der Waals surface area (Å²) in [5.74, 6) is -2.32. The molecule has 8 unspecified atom stereocenters. The van der Waals surface area contributed by atoms with Crippen LogP contribution in [0.1, 0.15) is 70.6 Å². The zero-order chi connectivity index (χ0) is 28.5. The Morgan fingerprint density at radius 2 is 1.33 bits per heavy atom. The second kappa shape index (κ2) is 12.9. The van der Waals surface area contributed by atoms with Crippen LogP contribution < -0.4 is 0 Å². The van der Waals surface area contributed by atoms with E-state index < -0.39 is 68.1 Å². The Balaban J connectivity index is 1.25. The summed E-state index contributed by atoms with van der Waals surface area (Å²) in [5, 5.41) is 0.243. The number of ether oxygens (including phenoxy) is 3. The molecule has 1 saturated heterocycles. The van der Waals surface area contributed by atoms with Gasteiger partial charge in [-0.3, -0.25) is 0 Å². The zero-order valence-electron chi connectivity index (χ0n) is 21.5. The molecule has 4 rings (SSSR count). The Kier molecular flexibility index (Phi) is 10.4. The normalized spacial score (nSPS) is 43.7. The maximum absolute atomic E-state index is 15.1. The molecule has 228 valence electrons. The third-order valence-corrected chi connectivity index (χ3v) is 9.47. The summed E-state index contributed by atoms with van der Waals surface area (Å²) < 4.78 is 139. The van der Waals surface area contributed by atoms with Crippen LogP contribution >= 0.6 is 12.6 Å². The van der Waals surface area contributed by atoms with Crippen LogP contribution in [0.15, 0.2) is 0 Å². The first kappa shape index (κ1) is 31.5. The monoisotopic (exact) mass is 600 g/mol. The number of halogens is 9. The molecular weight excluding hydrogens is 563 g/mol. The molecule has 0 spiro atoms. The van der Waals surface area contributed by atoms with Crippen molar-refractivity contribution in [2.24, 2.45) is 23.7 Å². The summed E-state index contributed by atoms with van der Waals surface area (Å²) in [5.41, 5.74) is 0. The Hall–Kier alpha value is -0.400. The molecule has 3 nitrogen and oxygen atoms in total. The van der Waals surface area contributed by atoms with Gasteiger partial charge in [0.05, 0.1) is 24.9 Å². The first-order chi connectivity index (χ1) is 18.2. The third kappa shape index (κ3) is 7.91. The van der Waals surface area contributed by atoms with E-state index in [0.29, 0.717) is 12.5 Å². The van der Waals surface area contributed by atoms with Crippen LogP contribution in [0.2, 0.25) is 0 Å². The van der Waals surface area contributed by atoms with E-state index in [2.05, 4.69) is 22.1 Å². The highest BCUT2D eigenvalue weighted by atomic mass is 32.1. The van der Waals surface area contributed by atoms with Crippen LogP contribution in [0.4, 0.5) is 39.5 Å². The maximum Gasteiger partial charge on any atom is 0.445 e. The van der Waals surface area contributed by atoms with E-state index in [4.69, 9.17) is 4.74 Å². The minimum atomic E-state index is -5.34. The van der Waals surface area contributed by atoms with Crippen molar-refractivity contribution in [1.82, 2.24) is 0 Å². The van der Waals surface area contributed by atoms with Crippen LogP contribution in [-0.2, 0) is 14.2 Å². The highest BCUT2D eigenvalue weighted by Gasteiger charge is 2.56. The number of rotatable bonds is 7. The van der Waals surface area contributed by atoms with E-state index in [0.717, 1.165) is 38.5 Å². The van der Waals surface area contributed by atoms with Crippen LogP contribution in [0.5, 0.6) is 0 Å². The molecule has 4 aliphatic rings. The van der Waals surface area contributed by atoms with Gasteiger partial charge in [-0.25, -0.2) is 17.6 Å². The van der Waals surface area contributed by atoms with Gasteiger partial charge >= 0.3 is 12.3 Å². The Morgan fingerprint density at radius 3 is 1.87 bits per heavy atom. The van der Waals surface area contributed by atoms with E-state index in [1.54, 1.807) is 0 Å². The lowest BCUT2D eigenvalue weighted by Crippen LogP contribution is -2.51. The number of alkyl halides is 9. The van der Waals surface area contributed by atoms with Crippen molar-refractivity contribution < 1.29 is 53.7 Å². The molecule has 39 heavy (non-hydrogen) atoms. The zero-order valence-corrected chi connectivity index (χ0v) is 22.4. The summed E-state index contributed by atoms with van der Waals surface area (Å²) in [6, 6.07) is 0. The lowest BCUT2D eigenvalue weighted by Gasteiger charge is -2.44. The molecule has 0 aromatic carbocycles. The van der Waals surface area contributed by atoms with Gasteiger partial charge in [-0.2, -0.15) is 34.6 Å². The van der Waals surface area contributed by atoms with Crippen LogP contribution in [0.3, 0.4) is 0 Å². The highest BCUT2D eigenvalue weighted by Crippen LogP contribution is 2.49. The van der Waals surface area contributed by atoms with E-state index in [1.807, 2.05) is 0 Å². The predicted molar refractivity (Wildman–Crippen MR) is 128 cm³/mol. The van der Waals surface area contributed by atoms with Gasteiger partial charge in [0, 0.05) is 11.7 Å². The molecule has 0 amide bonds. The maximum atomic E-state index is 15.1. The minimum Gasteiger partial charge on any atom is -0.377 e. The minimum absolute atomic E-state index is 0.0352. The molecule has 1 heterocycles. The molecule has 13 heteroatoms. The number of hydrogen-bond acceptors (Lipinski definition) is 4. The van der Waals surface area contributed by atoms with Crippen LogP contribution in [0, 0.1) is 23.7 Å². The SMILES string of the molecule is FC1CC(OC(F)(F)C2C(F)CC(C3CCC(C4CCC(S)CO4)CC3)CC2F)CCC1OC(F)C(F)(F)F. The molecule has 0 bridgehead atoms. The van der Waals surface area contributed by atoms with Gasteiger partial charge in [0.25, 0.3) is 6.36 Å². The first-order valence-corrected chi connectivity index (χ1v) is 14.4. The quantitative estimate of drug-likeness (QED) is 0.240. The molecule has 8 atom stereocenters. The number of thiol groups is 1. The van der Waals surface area contributed by atoms with E-state index in [1.165, 1.54) is 0 Å². The molecule has 4 fully saturated rings.